The molecule has 0 bridgehead atoms. The van der Waals surface area contributed by atoms with Crippen molar-refractivity contribution in [3.8, 4) is 12.3 Å². The fraction of sp³-hybridized carbons (Fsp3) is 0.200. The van der Waals surface area contributed by atoms with E-state index in [0.717, 1.165) is 16.2 Å². The molecule has 0 aliphatic heterocycles. The van der Waals surface area contributed by atoms with Crippen molar-refractivity contribution >= 4 is 46.4 Å². The zero-order valence-corrected chi connectivity index (χ0v) is 10.8. The third-order valence-electron chi connectivity index (χ3n) is 1.78. The van der Waals surface area contributed by atoms with Gasteiger partial charge in [0.05, 0.1) is 16.4 Å². The molecule has 0 aromatic carbocycles. The molecule has 1 amide bonds. The van der Waals surface area contributed by atoms with Crippen LogP contribution in [0.1, 0.15) is 10.4 Å². The van der Waals surface area contributed by atoms with Crippen LogP contribution in [0.15, 0.2) is 6.07 Å². The van der Waals surface area contributed by atoms with Gasteiger partial charge in [-0.05, 0) is 6.07 Å². The molecule has 1 N–H and O–H groups in total. The van der Waals surface area contributed by atoms with E-state index in [2.05, 4.69) is 5.92 Å². The molecule has 0 saturated heterocycles. The Kier molecular flexibility index (Phi) is 4.82. The minimum absolute atomic E-state index is 0.102. The molecule has 1 heterocycles. The Labute approximate surface area is 112 Å². The van der Waals surface area contributed by atoms with Crippen LogP contribution in [0, 0.1) is 12.3 Å². The number of terminal acetylenes is 1. The number of rotatable bonds is 4. The molecule has 0 spiro atoms. The van der Waals surface area contributed by atoms with E-state index in [0.29, 0.717) is 4.34 Å². The van der Waals surface area contributed by atoms with Crippen molar-refractivity contribution in [2.45, 2.75) is 0 Å². The minimum atomic E-state index is -1.15. The Morgan fingerprint density at radius 2 is 2.18 bits per heavy atom. The van der Waals surface area contributed by atoms with E-state index in [1.807, 2.05) is 0 Å². The van der Waals surface area contributed by atoms with Gasteiger partial charge < -0.3 is 10.0 Å². The highest BCUT2D eigenvalue weighted by molar-refractivity contribution is 7.20. The van der Waals surface area contributed by atoms with Gasteiger partial charge in [-0.15, -0.1) is 17.8 Å². The van der Waals surface area contributed by atoms with E-state index in [4.69, 9.17) is 34.7 Å². The molecule has 4 nitrogen and oxygen atoms in total. The lowest BCUT2D eigenvalue weighted by Gasteiger charge is -2.17. The molecule has 0 aliphatic rings. The predicted molar refractivity (Wildman–Crippen MR) is 66.7 cm³/mol. The number of carbonyl (C=O) groups is 2. The van der Waals surface area contributed by atoms with Gasteiger partial charge in [-0.1, -0.05) is 29.1 Å². The fourth-order valence-electron chi connectivity index (χ4n) is 1.13. The van der Waals surface area contributed by atoms with Gasteiger partial charge in [0, 0.05) is 0 Å². The van der Waals surface area contributed by atoms with E-state index in [1.165, 1.54) is 6.07 Å². The monoisotopic (exact) mass is 291 g/mol. The summed E-state index contributed by atoms with van der Waals surface area (Å²) < 4.78 is 0.571. The molecule has 0 fully saturated rings. The summed E-state index contributed by atoms with van der Waals surface area (Å²) in [5.74, 6) is 0.529. The lowest BCUT2D eigenvalue weighted by Crippen LogP contribution is -2.35. The molecule has 0 radical (unpaired) electrons. The van der Waals surface area contributed by atoms with E-state index in [9.17, 15) is 9.59 Å². The summed E-state index contributed by atoms with van der Waals surface area (Å²) in [5.41, 5.74) is 0.165. The molecule has 1 aromatic rings. The van der Waals surface area contributed by atoms with Gasteiger partial charge in [-0.3, -0.25) is 9.59 Å². The van der Waals surface area contributed by atoms with Crippen LogP contribution >= 0.6 is 34.5 Å². The van der Waals surface area contributed by atoms with E-state index >= 15 is 0 Å². The van der Waals surface area contributed by atoms with Crippen molar-refractivity contribution in [3.63, 3.8) is 0 Å². The zero-order chi connectivity index (χ0) is 13.0. The molecule has 1 aromatic heterocycles. The molecular weight excluding hydrogens is 285 g/mol. The summed E-state index contributed by atoms with van der Waals surface area (Å²) in [4.78, 5) is 23.5. The van der Waals surface area contributed by atoms with E-state index in [-0.39, 0.29) is 16.4 Å². The summed E-state index contributed by atoms with van der Waals surface area (Å²) >= 11 is 12.5. The number of halogens is 2. The molecule has 1 rings (SSSR count). The van der Waals surface area contributed by atoms with Gasteiger partial charge in [0.1, 0.15) is 10.9 Å². The second kappa shape index (κ2) is 5.92. The normalized spacial score (nSPS) is 9.71. The second-order valence-corrected chi connectivity index (χ2v) is 5.28. The van der Waals surface area contributed by atoms with Gasteiger partial charge in [0.2, 0.25) is 0 Å². The maximum Gasteiger partial charge on any atom is 0.323 e. The molecule has 0 aliphatic carbocycles. The molecule has 7 heteroatoms. The number of aliphatic carboxylic acids is 1. The fourth-order valence-corrected chi connectivity index (χ4v) is 2.58. The van der Waals surface area contributed by atoms with E-state index in [1.54, 1.807) is 0 Å². The SMILES string of the molecule is C#CCN(CC(=O)O)C(=O)c1cc(Cl)sc1Cl. The first-order chi connectivity index (χ1) is 7.95. The van der Waals surface area contributed by atoms with Crippen molar-refractivity contribution in [3.05, 3.63) is 20.3 Å². The number of carbonyl (C=O) groups excluding carboxylic acids is 1. The highest BCUT2D eigenvalue weighted by Crippen LogP contribution is 2.31. The van der Waals surface area contributed by atoms with Gasteiger partial charge in [-0.25, -0.2) is 0 Å². The third-order valence-corrected chi connectivity index (χ3v) is 3.27. The number of carboxylic acids is 1. The van der Waals surface area contributed by atoms with Crippen molar-refractivity contribution in [2.75, 3.05) is 13.1 Å². The number of nitrogens with zero attached hydrogens (tertiary/aromatic N) is 1. The summed E-state index contributed by atoms with van der Waals surface area (Å²) in [6.07, 6.45) is 5.07. The summed E-state index contributed by atoms with van der Waals surface area (Å²) in [6, 6.07) is 1.39. The standard InChI is InChI=1S/C10H7Cl2NO3S/c1-2-3-13(5-8(14)15)10(16)6-4-7(11)17-9(6)12/h1,4H,3,5H2,(H,14,15). The van der Waals surface area contributed by atoms with Crippen LogP contribution in [0.25, 0.3) is 0 Å². The predicted octanol–water partition coefficient (Wildman–Crippen LogP) is 2.21. The smallest absolute Gasteiger partial charge is 0.323 e. The van der Waals surface area contributed by atoms with Crippen LogP contribution in [0.2, 0.25) is 8.67 Å². The first-order valence-electron chi connectivity index (χ1n) is 4.35. The Bertz CT molecular complexity index is 492. The number of amides is 1. The van der Waals surface area contributed by atoms with Crippen LogP contribution in [-0.4, -0.2) is 35.0 Å². The number of hydrogen-bond donors (Lipinski definition) is 1. The molecule has 0 saturated carbocycles. The first-order valence-corrected chi connectivity index (χ1v) is 5.92. The average Bonchev–Trinajstić information content (AvgIpc) is 2.55. The number of thiophene rings is 1. The Morgan fingerprint density at radius 3 is 2.59 bits per heavy atom. The van der Waals surface area contributed by atoms with Gasteiger partial charge in [0.25, 0.3) is 5.91 Å². The van der Waals surface area contributed by atoms with Crippen molar-refractivity contribution in [1.82, 2.24) is 4.90 Å². The lowest BCUT2D eigenvalue weighted by atomic mass is 10.3. The van der Waals surface area contributed by atoms with Gasteiger partial charge >= 0.3 is 5.97 Å². The summed E-state index contributed by atoms with van der Waals surface area (Å²) in [7, 11) is 0. The molecule has 17 heavy (non-hydrogen) atoms. The first kappa shape index (κ1) is 13.8. The molecule has 0 unspecified atom stereocenters. The Hall–Kier alpha value is -1.22. The largest absolute Gasteiger partial charge is 0.480 e. The van der Waals surface area contributed by atoms with Crippen LogP contribution in [-0.2, 0) is 4.79 Å². The molecular formula is C10H7Cl2NO3S. The lowest BCUT2D eigenvalue weighted by molar-refractivity contribution is -0.137. The topological polar surface area (TPSA) is 57.6 Å². The van der Waals surface area contributed by atoms with Crippen molar-refractivity contribution in [2.24, 2.45) is 0 Å². The number of carboxylic acid groups (broad SMARTS) is 1. The average molecular weight is 292 g/mol. The molecule has 0 atom stereocenters. The second-order valence-electron chi connectivity index (χ2n) is 3.00. The zero-order valence-electron chi connectivity index (χ0n) is 8.44. The quantitative estimate of drug-likeness (QED) is 0.866. The minimum Gasteiger partial charge on any atom is -0.480 e. The summed E-state index contributed by atoms with van der Waals surface area (Å²) in [6.45, 7) is -0.582. The van der Waals surface area contributed by atoms with Gasteiger partial charge in [0.15, 0.2) is 0 Å². The maximum absolute atomic E-state index is 11.9. The summed E-state index contributed by atoms with van der Waals surface area (Å²) in [5, 5.41) is 8.66. The highest BCUT2D eigenvalue weighted by atomic mass is 35.5. The van der Waals surface area contributed by atoms with Crippen molar-refractivity contribution in [1.29, 1.82) is 0 Å². The molecule has 90 valence electrons. The van der Waals surface area contributed by atoms with Gasteiger partial charge in [-0.2, -0.15) is 0 Å². The van der Waals surface area contributed by atoms with Crippen LogP contribution in [0.3, 0.4) is 0 Å². The van der Waals surface area contributed by atoms with Crippen LogP contribution in [0.5, 0.6) is 0 Å². The third kappa shape index (κ3) is 3.63. The van der Waals surface area contributed by atoms with E-state index < -0.39 is 18.4 Å². The van der Waals surface area contributed by atoms with Crippen LogP contribution in [0.4, 0.5) is 0 Å². The van der Waals surface area contributed by atoms with Crippen molar-refractivity contribution < 1.29 is 14.7 Å². The highest BCUT2D eigenvalue weighted by Gasteiger charge is 2.21. The maximum atomic E-state index is 11.9. The Morgan fingerprint density at radius 1 is 1.53 bits per heavy atom. The Balaban J connectivity index is 2.95. The van der Waals surface area contributed by atoms with Crippen LogP contribution < -0.4 is 0 Å². The number of hydrogen-bond acceptors (Lipinski definition) is 3.